The molecular formula is C6H11N3OSi. The van der Waals surface area contributed by atoms with Crippen molar-refractivity contribution in [1.29, 1.82) is 0 Å². The Morgan fingerprint density at radius 1 is 1.55 bits per heavy atom. The second-order valence-electron chi connectivity index (χ2n) is 3.36. The maximum Gasteiger partial charge on any atom is 0.186 e. The highest BCUT2D eigenvalue weighted by Gasteiger charge is 2.20. The van der Waals surface area contributed by atoms with E-state index < -0.39 is 8.24 Å². The molecule has 0 saturated carbocycles. The summed E-state index contributed by atoms with van der Waals surface area (Å²) in [7, 11) is -1.53. The van der Waals surface area contributed by atoms with Crippen molar-refractivity contribution in [2.24, 2.45) is 5.18 Å². The molecule has 0 aromatic carbocycles. The Balaban J connectivity index is 3.12. The average molecular weight is 169 g/mol. The summed E-state index contributed by atoms with van der Waals surface area (Å²) < 4.78 is 1.74. The SMILES string of the molecule is C[Si](C)(C)n1nccc1N=O. The Morgan fingerprint density at radius 2 is 2.18 bits per heavy atom. The van der Waals surface area contributed by atoms with Gasteiger partial charge in [0.1, 0.15) is 0 Å². The molecule has 1 aromatic rings. The lowest BCUT2D eigenvalue weighted by Gasteiger charge is -2.16. The Kier molecular flexibility index (Phi) is 1.90. The quantitative estimate of drug-likeness (QED) is 0.502. The molecule has 0 bridgehead atoms. The molecule has 0 saturated heterocycles. The molecule has 5 heteroatoms. The summed E-state index contributed by atoms with van der Waals surface area (Å²) >= 11 is 0. The summed E-state index contributed by atoms with van der Waals surface area (Å²) in [5.74, 6) is 0.434. The van der Waals surface area contributed by atoms with Crippen molar-refractivity contribution in [2.75, 3.05) is 0 Å². The third-order valence-corrected chi connectivity index (χ3v) is 2.97. The molecule has 0 radical (unpaired) electrons. The van der Waals surface area contributed by atoms with Crippen LogP contribution in [0.25, 0.3) is 0 Å². The van der Waals surface area contributed by atoms with Gasteiger partial charge in [0, 0.05) is 6.07 Å². The molecule has 0 atom stereocenters. The number of aromatic nitrogens is 2. The normalized spacial score (nSPS) is 11.5. The lowest BCUT2D eigenvalue weighted by atomic mass is 10.7. The van der Waals surface area contributed by atoms with Crippen LogP contribution in [0.15, 0.2) is 17.4 Å². The predicted octanol–water partition coefficient (Wildman–Crippen LogP) is 1.96. The largest absolute Gasteiger partial charge is 0.277 e. The zero-order chi connectivity index (χ0) is 8.48. The van der Waals surface area contributed by atoms with Gasteiger partial charge in [-0.2, -0.15) is 5.10 Å². The van der Waals surface area contributed by atoms with Gasteiger partial charge in [0.05, 0.1) is 6.20 Å². The molecule has 0 aliphatic heterocycles. The van der Waals surface area contributed by atoms with Crippen molar-refractivity contribution in [3.8, 4) is 0 Å². The van der Waals surface area contributed by atoms with Crippen LogP contribution in [-0.2, 0) is 0 Å². The van der Waals surface area contributed by atoms with E-state index in [-0.39, 0.29) is 0 Å². The maximum absolute atomic E-state index is 10.2. The van der Waals surface area contributed by atoms with Crippen LogP contribution >= 0.6 is 0 Å². The fourth-order valence-corrected chi connectivity index (χ4v) is 2.10. The molecule has 0 N–H and O–H groups in total. The van der Waals surface area contributed by atoms with Gasteiger partial charge in [-0.05, 0) is 24.8 Å². The van der Waals surface area contributed by atoms with Crippen LogP contribution in [0.2, 0.25) is 19.6 Å². The standard InChI is InChI=1S/C6H11N3OSi/c1-11(2,3)9-6(8-10)4-5-7-9/h4-5H,1-3H3. The van der Waals surface area contributed by atoms with E-state index in [0.29, 0.717) is 5.82 Å². The number of hydrogen-bond acceptors (Lipinski definition) is 3. The first-order valence-corrected chi connectivity index (χ1v) is 6.88. The van der Waals surface area contributed by atoms with E-state index in [9.17, 15) is 4.91 Å². The maximum atomic E-state index is 10.2. The number of nitrogens with zero attached hydrogens (tertiary/aromatic N) is 3. The summed E-state index contributed by atoms with van der Waals surface area (Å²) in [6.07, 6.45) is 1.61. The highest BCUT2D eigenvalue weighted by Crippen LogP contribution is 2.15. The van der Waals surface area contributed by atoms with Crippen molar-refractivity contribution in [2.45, 2.75) is 19.6 Å². The van der Waals surface area contributed by atoms with Crippen LogP contribution in [-0.4, -0.2) is 17.7 Å². The average Bonchev–Trinajstić information content (AvgIpc) is 2.31. The molecule has 0 fully saturated rings. The van der Waals surface area contributed by atoms with Crippen molar-refractivity contribution in [3.63, 3.8) is 0 Å². The molecule has 1 heterocycles. The first-order chi connectivity index (χ1) is 5.05. The fraction of sp³-hybridized carbons (Fsp3) is 0.500. The van der Waals surface area contributed by atoms with E-state index in [2.05, 4.69) is 29.9 Å². The van der Waals surface area contributed by atoms with Crippen molar-refractivity contribution >= 4 is 14.1 Å². The second-order valence-corrected chi connectivity index (χ2v) is 8.13. The van der Waals surface area contributed by atoms with Gasteiger partial charge in [0.25, 0.3) is 0 Å². The first kappa shape index (κ1) is 8.13. The third-order valence-electron chi connectivity index (χ3n) is 1.35. The van der Waals surface area contributed by atoms with Crippen molar-refractivity contribution in [3.05, 3.63) is 17.2 Å². The van der Waals surface area contributed by atoms with Crippen LogP contribution in [0.3, 0.4) is 0 Å². The van der Waals surface area contributed by atoms with E-state index in [1.165, 1.54) is 0 Å². The molecule has 11 heavy (non-hydrogen) atoms. The minimum absolute atomic E-state index is 0.434. The van der Waals surface area contributed by atoms with E-state index in [0.717, 1.165) is 0 Å². The van der Waals surface area contributed by atoms with E-state index in [4.69, 9.17) is 0 Å². The van der Waals surface area contributed by atoms with Crippen molar-refractivity contribution in [1.82, 2.24) is 9.45 Å². The lowest BCUT2D eigenvalue weighted by molar-refractivity contribution is 0.930. The van der Waals surface area contributed by atoms with E-state index in [1.54, 1.807) is 16.6 Å². The van der Waals surface area contributed by atoms with Gasteiger partial charge < -0.3 is 0 Å². The van der Waals surface area contributed by atoms with Crippen molar-refractivity contribution < 1.29 is 0 Å². The summed E-state index contributed by atoms with van der Waals surface area (Å²) in [5.41, 5.74) is 0. The van der Waals surface area contributed by atoms with Gasteiger partial charge in [0.2, 0.25) is 0 Å². The topological polar surface area (TPSA) is 47.2 Å². The highest BCUT2D eigenvalue weighted by atomic mass is 28.3. The predicted molar refractivity (Wildman–Crippen MR) is 46.4 cm³/mol. The van der Waals surface area contributed by atoms with Crippen LogP contribution in [0.5, 0.6) is 0 Å². The molecular weight excluding hydrogens is 158 g/mol. The lowest BCUT2D eigenvalue weighted by Crippen LogP contribution is -2.32. The zero-order valence-electron chi connectivity index (χ0n) is 6.90. The smallest absolute Gasteiger partial charge is 0.186 e. The van der Waals surface area contributed by atoms with Gasteiger partial charge in [-0.15, -0.1) is 4.91 Å². The van der Waals surface area contributed by atoms with Crippen LogP contribution in [0, 0.1) is 4.91 Å². The van der Waals surface area contributed by atoms with E-state index >= 15 is 0 Å². The first-order valence-electron chi connectivity index (χ1n) is 3.43. The molecule has 0 spiro atoms. The molecule has 0 unspecified atom stereocenters. The van der Waals surface area contributed by atoms with Gasteiger partial charge in [0.15, 0.2) is 14.1 Å². The fourth-order valence-electron chi connectivity index (χ4n) is 0.882. The Morgan fingerprint density at radius 3 is 2.55 bits per heavy atom. The molecule has 1 rings (SSSR count). The molecule has 0 aliphatic rings. The van der Waals surface area contributed by atoms with E-state index in [1.807, 2.05) is 0 Å². The third kappa shape index (κ3) is 1.54. The monoisotopic (exact) mass is 169 g/mol. The summed E-state index contributed by atoms with van der Waals surface area (Å²) in [5, 5.41) is 6.93. The van der Waals surface area contributed by atoms with Gasteiger partial charge in [-0.1, -0.05) is 0 Å². The molecule has 0 amide bonds. The van der Waals surface area contributed by atoms with Crippen LogP contribution in [0.1, 0.15) is 0 Å². The zero-order valence-corrected chi connectivity index (χ0v) is 7.90. The minimum atomic E-state index is -1.53. The molecule has 0 aliphatic carbocycles. The summed E-state index contributed by atoms with van der Waals surface area (Å²) in [6, 6.07) is 1.63. The molecule has 1 aromatic heterocycles. The molecule has 60 valence electrons. The Hall–Kier alpha value is -0.973. The van der Waals surface area contributed by atoms with Crippen LogP contribution in [0.4, 0.5) is 5.82 Å². The second kappa shape index (κ2) is 2.58. The van der Waals surface area contributed by atoms with Crippen LogP contribution < -0.4 is 0 Å². The molecule has 4 nitrogen and oxygen atoms in total. The minimum Gasteiger partial charge on any atom is -0.277 e. The number of rotatable bonds is 2. The van der Waals surface area contributed by atoms with Gasteiger partial charge in [-0.25, -0.2) is 0 Å². The summed E-state index contributed by atoms with van der Waals surface area (Å²) in [4.78, 5) is 10.2. The van der Waals surface area contributed by atoms with Gasteiger partial charge >= 0.3 is 0 Å². The Labute approximate surface area is 66.3 Å². The highest BCUT2D eigenvalue weighted by molar-refractivity contribution is 6.74. The number of nitroso groups, excluding NO2 is 1. The van der Waals surface area contributed by atoms with Gasteiger partial charge in [-0.3, -0.25) is 4.35 Å². The number of hydrogen-bond donors (Lipinski definition) is 0. The Bertz CT molecular complexity index is 263. The summed E-state index contributed by atoms with van der Waals surface area (Å²) in [6.45, 7) is 6.32.